The number of carbonyl (C=O) groups is 1. The summed E-state index contributed by atoms with van der Waals surface area (Å²) in [5.74, 6) is -1.10. The summed E-state index contributed by atoms with van der Waals surface area (Å²) in [6.45, 7) is 1.53. The largest absolute Gasteiger partial charge is 0.471 e. The number of nitrogens with one attached hydrogen (secondary N) is 2. The Morgan fingerprint density at radius 2 is 1.80 bits per heavy atom. The van der Waals surface area contributed by atoms with Gasteiger partial charge in [-0.25, -0.2) is 14.6 Å². The predicted octanol–water partition coefficient (Wildman–Crippen LogP) is 4.71. The Bertz CT molecular complexity index is 1330. The number of carbonyl (C=O) groups excluding carboxylic acids is 1. The molecular weight excluding hydrogens is 461 g/mol. The number of nitrogens with zero attached hydrogens (tertiary/aromatic N) is 4. The van der Waals surface area contributed by atoms with Gasteiger partial charge in [-0.15, -0.1) is 0 Å². The van der Waals surface area contributed by atoms with E-state index in [9.17, 15) is 18.0 Å². The standard InChI is InChI=1S/C24H21F3N6O2/c25-24(26,27)23(34)31-21-19-20(15-8-10-18(11-9-15)35-17-6-2-1-3-7-17)32-33(22(19)30-14-29-21)16-5-4-12-28-13-16/h1-3,6-11,14,16,28H,4-5,12-13H2,(H,29,30,31,34). The van der Waals surface area contributed by atoms with Crippen molar-refractivity contribution in [2.24, 2.45) is 0 Å². The first-order chi connectivity index (χ1) is 16.9. The van der Waals surface area contributed by atoms with Gasteiger partial charge in [0.2, 0.25) is 0 Å². The minimum Gasteiger partial charge on any atom is -0.457 e. The number of aromatic nitrogens is 4. The van der Waals surface area contributed by atoms with Crippen molar-refractivity contribution in [1.82, 2.24) is 25.1 Å². The van der Waals surface area contributed by atoms with Crippen LogP contribution in [0.4, 0.5) is 19.0 Å². The third kappa shape index (κ3) is 4.80. The molecule has 1 unspecified atom stereocenters. The summed E-state index contributed by atoms with van der Waals surface area (Å²) in [6.07, 6.45) is -2.17. The molecule has 0 saturated carbocycles. The summed E-state index contributed by atoms with van der Waals surface area (Å²) in [6, 6.07) is 16.2. The first kappa shape index (κ1) is 22.8. The third-order valence-electron chi connectivity index (χ3n) is 5.70. The number of benzene rings is 2. The molecule has 1 aliphatic rings. The monoisotopic (exact) mass is 482 g/mol. The normalized spacial score (nSPS) is 16.3. The fourth-order valence-corrected chi connectivity index (χ4v) is 4.05. The summed E-state index contributed by atoms with van der Waals surface area (Å²) < 4.78 is 46.5. The van der Waals surface area contributed by atoms with Crippen LogP contribution in [0, 0.1) is 0 Å². The second kappa shape index (κ2) is 9.34. The lowest BCUT2D eigenvalue weighted by atomic mass is 10.1. The lowest BCUT2D eigenvalue weighted by Gasteiger charge is -2.23. The average Bonchev–Trinajstić information content (AvgIpc) is 3.26. The van der Waals surface area contributed by atoms with Crippen molar-refractivity contribution in [3.63, 3.8) is 0 Å². The van der Waals surface area contributed by atoms with Crippen molar-refractivity contribution in [3.8, 4) is 22.8 Å². The van der Waals surface area contributed by atoms with Crippen molar-refractivity contribution < 1.29 is 22.7 Å². The zero-order valence-corrected chi connectivity index (χ0v) is 18.4. The number of alkyl halides is 3. The smallest absolute Gasteiger partial charge is 0.457 e. The van der Waals surface area contributed by atoms with E-state index in [1.165, 1.54) is 0 Å². The maximum atomic E-state index is 13.0. The molecule has 4 aromatic rings. The number of hydrogen-bond donors (Lipinski definition) is 2. The van der Waals surface area contributed by atoms with E-state index < -0.39 is 12.1 Å². The average molecular weight is 482 g/mol. The highest BCUT2D eigenvalue weighted by atomic mass is 19.4. The second-order valence-corrected chi connectivity index (χ2v) is 8.11. The van der Waals surface area contributed by atoms with Crippen molar-refractivity contribution in [2.45, 2.75) is 25.1 Å². The van der Waals surface area contributed by atoms with Gasteiger partial charge in [-0.05, 0) is 55.8 Å². The number of fused-ring (bicyclic) bond motifs is 1. The molecule has 5 rings (SSSR count). The summed E-state index contributed by atoms with van der Waals surface area (Å²) in [7, 11) is 0. The van der Waals surface area contributed by atoms with Crippen molar-refractivity contribution in [1.29, 1.82) is 0 Å². The molecule has 1 aliphatic heterocycles. The van der Waals surface area contributed by atoms with Gasteiger partial charge in [-0.2, -0.15) is 18.3 Å². The third-order valence-corrected chi connectivity index (χ3v) is 5.70. The van der Waals surface area contributed by atoms with E-state index in [0.717, 1.165) is 25.7 Å². The maximum Gasteiger partial charge on any atom is 0.471 e. The van der Waals surface area contributed by atoms with Crippen molar-refractivity contribution in [2.75, 3.05) is 18.4 Å². The van der Waals surface area contributed by atoms with Crippen LogP contribution in [0.15, 0.2) is 60.9 Å². The maximum absolute atomic E-state index is 13.0. The molecule has 0 bridgehead atoms. The Labute approximate surface area is 198 Å². The number of anilines is 1. The molecule has 8 nitrogen and oxygen atoms in total. The summed E-state index contributed by atoms with van der Waals surface area (Å²) in [4.78, 5) is 20.0. The van der Waals surface area contributed by atoms with E-state index in [1.54, 1.807) is 28.9 Å². The van der Waals surface area contributed by atoms with Gasteiger partial charge in [-0.1, -0.05) is 18.2 Å². The molecule has 1 amide bonds. The van der Waals surface area contributed by atoms with E-state index in [-0.39, 0.29) is 17.2 Å². The van der Waals surface area contributed by atoms with Crippen LogP contribution in [0.2, 0.25) is 0 Å². The number of para-hydroxylation sites is 1. The highest BCUT2D eigenvalue weighted by Gasteiger charge is 2.39. The van der Waals surface area contributed by atoms with Crippen LogP contribution < -0.4 is 15.4 Å². The fourth-order valence-electron chi connectivity index (χ4n) is 4.05. The van der Waals surface area contributed by atoms with E-state index >= 15 is 0 Å². The van der Waals surface area contributed by atoms with Crippen LogP contribution in [0.3, 0.4) is 0 Å². The predicted molar refractivity (Wildman–Crippen MR) is 123 cm³/mol. The molecule has 0 radical (unpaired) electrons. The van der Waals surface area contributed by atoms with E-state index in [1.807, 2.05) is 35.6 Å². The number of amides is 1. The lowest BCUT2D eigenvalue weighted by Crippen LogP contribution is -2.32. The van der Waals surface area contributed by atoms with Crippen molar-refractivity contribution >= 4 is 22.8 Å². The second-order valence-electron chi connectivity index (χ2n) is 8.11. The van der Waals surface area contributed by atoms with E-state index in [0.29, 0.717) is 34.9 Å². The molecule has 1 fully saturated rings. The van der Waals surface area contributed by atoms with E-state index in [4.69, 9.17) is 9.84 Å². The molecule has 11 heteroatoms. The Hall–Kier alpha value is -3.99. The molecule has 3 heterocycles. The van der Waals surface area contributed by atoms with Crippen LogP contribution in [-0.4, -0.2) is 44.9 Å². The quantitative estimate of drug-likeness (QED) is 0.428. The van der Waals surface area contributed by atoms with Crippen molar-refractivity contribution in [3.05, 3.63) is 60.9 Å². The molecule has 2 N–H and O–H groups in total. The zero-order chi connectivity index (χ0) is 24.4. The lowest BCUT2D eigenvalue weighted by molar-refractivity contribution is -0.167. The van der Waals surface area contributed by atoms with Crippen LogP contribution in [0.5, 0.6) is 11.5 Å². The Morgan fingerprint density at radius 1 is 1.06 bits per heavy atom. The Balaban J connectivity index is 1.57. The van der Waals surface area contributed by atoms with Gasteiger partial charge in [0.05, 0.1) is 11.4 Å². The topological polar surface area (TPSA) is 94.0 Å². The van der Waals surface area contributed by atoms with Gasteiger partial charge in [-0.3, -0.25) is 4.79 Å². The van der Waals surface area contributed by atoms with Crippen LogP contribution in [-0.2, 0) is 4.79 Å². The van der Waals surface area contributed by atoms with Gasteiger partial charge >= 0.3 is 12.1 Å². The van der Waals surface area contributed by atoms with Gasteiger partial charge < -0.3 is 15.4 Å². The number of rotatable bonds is 5. The van der Waals surface area contributed by atoms with Crippen LogP contribution >= 0.6 is 0 Å². The first-order valence-electron chi connectivity index (χ1n) is 11.1. The highest BCUT2D eigenvalue weighted by molar-refractivity contribution is 6.05. The zero-order valence-electron chi connectivity index (χ0n) is 18.4. The fraction of sp³-hybridized carbons (Fsp3) is 0.250. The number of halogens is 3. The molecule has 0 spiro atoms. The minimum absolute atomic E-state index is 0.0400. The highest BCUT2D eigenvalue weighted by Crippen LogP contribution is 2.35. The SMILES string of the molecule is O=C(Nc1ncnc2c1c(-c1ccc(Oc3ccccc3)cc1)nn2C1CCCNC1)C(F)(F)F. The molecular formula is C24H21F3N6O2. The van der Waals surface area contributed by atoms with Gasteiger partial charge in [0.1, 0.15) is 29.3 Å². The van der Waals surface area contributed by atoms with Crippen LogP contribution in [0.1, 0.15) is 18.9 Å². The summed E-state index contributed by atoms with van der Waals surface area (Å²) in [5.41, 5.74) is 1.34. The first-order valence-corrected chi connectivity index (χ1v) is 11.1. The molecule has 2 aromatic carbocycles. The van der Waals surface area contributed by atoms with Gasteiger partial charge in [0.15, 0.2) is 5.65 Å². The van der Waals surface area contributed by atoms with E-state index in [2.05, 4.69) is 15.3 Å². The Morgan fingerprint density at radius 3 is 2.49 bits per heavy atom. The number of hydrogen-bond acceptors (Lipinski definition) is 6. The minimum atomic E-state index is -5.06. The van der Waals surface area contributed by atoms with Gasteiger partial charge in [0, 0.05) is 12.1 Å². The molecule has 1 saturated heterocycles. The molecule has 1 atom stereocenters. The van der Waals surface area contributed by atoms with Gasteiger partial charge in [0.25, 0.3) is 0 Å². The Kier molecular flexibility index (Phi) is 6.08. The number of piperidine rings is 1. The summed E-state index contributed by atoms with van der Waals surface area (Å²) >= 11 is 0. The molecule has 0 aliphatic carbocycles. The summed E-state index contributed by atoms with van der Waals surface area (Å²) in [5, 5.41) is 10.2. The number of ether oxygens (including phenoxy) is 1. The molecule has 2 aromatic heterocycles. The molecule has 180 valence electrons. The van der Waals surface area contributed by atoms with Crippen LogP contribution in [0.25, 0.3) is 22.3 Å². The molecule has 35 heavy (non-hydrogen) atoms.